The van der Waals surface area contributed by atoms with E-state index in [-0.39, 0.29) is 15.8 Å². The third-order valence-corrected chi connectivity index (χ3v) is 21.9. The number of unbranched alkanes of at least 4 members (excludes halogenated alkanes) is 4. The average Bonchev–Trinajstić information content (AvgIpc) is 3.91. The van der Waals surface area contributed by atoms with Crippen LogP contribution in [0.3, 0.4) is 0 Å². The van der Waals surface area contributed by atoms with Gasteiger partial charge in [-0.1, -0.05) is 95.9 Å². The molecule has 0 nitrogen and oxygen atoms in total. The van der Waals surface area contributed by atoms with Crippen molar-refractivity contribution in [1.82, 2.24) is 0 Å². The van der Waals surface area contributed by atoms with Crippen molar-refractivity contribution in [3.63, 3.8) is 0 Å². The summed E-state index contributed by atoms with van der Waals surface area (Å²) in [5.74, 6) is 0. The molecule has 6 heteroatoms. The van der Waals surface area contributed by atoms with E-state index in [1.54, 1.807) is 62.1 Å². The molecule has 4 heterocycles. The summed E-state index contributed by atoms with van der Waals surface area (Å²) in [5, 5.41) is 9.40. The van der Waals surface area contributed by atoms with Gasteiger partial charge in [0.1, 0.15) is 0 Å². The van der Waals surface area contributed by atoms with Crippen molar-refractivity contribution < 1.29 is 0 Å². The van der Waals surface area contributed by atoms with Crippen LogP contribution in [0.5, 0.6) is 0 Å². The second kappa shape index (κ2) is 16.9. The molecule has 7 aromatic rings. The Kier molecular flexibility index (Phi) is 12.6. The van der Waals surface area contributed by atoms with Gasteiger partial charge < -0.3 is 0 Å². The van der Waals surface area contributed by atoms with Gasteiger partial charge in [-0.15, -0.1) is 45.3 Å². The van der Waals surface area contributed by atoms with Gasteiger partial charge in [-0.3, -0.25) is 0 Å². The Morgan fingerprint density at radius 3 is 1.12 bits per heavy atom. The van der Waals surface area contributed by atoms with E-state index in [0.29, 0.717) is 0 Å². The molecule has 0 amide bonds. The smallest absolute Gasteiger partial charge is 0.0397 e. The van der Waals surface area contributed by atoms with E-state index in [1.165, 1.54) is 120 Å². The van der Waals surface area contributed by atoms with Gasteiger partial charge in [0.15, 0.2) is 0 Å². The Hall–Kier alpha value is -1.12. The van der Waals surface area contributed by atoms with Gasteiger partial charge >= 0.3 is 0 Å². The highest BCUT2D eigenvalue weighted by Gasteiger charge is 2.25. The molecular weight excluding hydrogens is 719 g/mol. The lowest BCUT2D eigenvalue weighted by Crippen LogP contribution is -2.02. The van der Waals surface area contributed by atoms with Crippen molar-refractivity contribution in [1.29, 1.82) is 0 Å². The van der Waals surface area contributed by atoms with Crippen LogP contribution in [0.1, 0.15) is 117 Å². The Morgan fingerprint density at radius 1 is 0.420 bits per heavy atom. The van der Waals surface area contributed by atoms with Gasteiger partial charge in [0.2, 0.25) is 0 Å². The number of hydrogen-bond donors (Lipinski definition) is 0. The molecule has 0 bridgehead atoms. The molecule has 266 valence electrons. The van der Waals surface area contributed by atoms with Crippen LogP contribution >= 0.6 is 61.2 Å². The summed E-state index contributed by atoms with van der Waals surface area (Å²) in [6.07, 6.45) is 21.0. The summed E-state index contributed by atoms with van der Waals surface area (Å²) in [5.41, 5.74) is 3.32. The molecule has 4 aromatic heterocycles. The lowest BCUT2D eigenvalue weighted by molar-refractivity contribution is 0.871. The molecule has 7 rings (SSSR count). The van der Waals surface area contributed by atoms with Crippen LogP contribution in [0.15, 0.2) is 36.4 Å². The van der Waals surface area contributed by atoms with Crippen molar-refractivity contribution in [2.75, 3.05) is 24.6 Å². The zero-order chi connectivity index (χ0) is 34.8. The van der Waals surface area contributed by atoms with E-state index in [2.05, 4.69) is 123 Å². The molecule has 0 saturated carbocycles. The number of hydrogen-bond acceptors (Lipinski definition) is 4. The summed E-state index contributed by atoms with van der Waals surface area (Å²) in [7, 11) is -0.167. The Bertz CT molecular complexity index is 2050. The lowest BCUT2D eigenvalue weighted by atomic mass is 9.92. The Morgan fingerprint density at radius 2 is 0.780 bits per heavy atom. The standard InChI is InChI=1S/C44H56P2S4/c1-7-13-23-45(24-14-8-2)37-27-31-33(47-37)19-21-35-39(31)41-42-40-32-28-38(46(25-15-9-3)26-16-10-4)48-34(32)20-22-36(40)50-44(42)30(18-12-6)29(17-11-5)43(41)49-35/h19-22,27-28H,7-18,23-26H2,1-6H3. The number of rotatable bonds is 18. The van der Waals surface area contributed by atoms with Crippen molar-refractivity contribution >= 4 is 131 Å². The fourth-order valence-corrected chi connectivity index (χ4v) is 19.7. The summed E-state index contributed by atoms with van der Waals surface area (Å²) < 4.78 is 12.6. The van der Waals surface area contributed by atoms with Gasteiger partial charge in [0.05, 0.1) is 0 Å². The molecule has 0 aliphatic carbocycles. The third kappa shape index (κ3) is 6.98. The van der Waals surface area contributed by atoms with Crippen LogP contribution in [-0.4, -0.2) is 24.6 Å². The van der Waals surface area contributed by atoms with Crippen LogP contribution in [0.2, 0.25) is 0 Å². The number of aryl methyl sites for hydroxylation is 2. The summed E-state index contributed by atoms with van der Waals surface area (Å²) in [6.45, 7) is 14.2. The quantitative estimate of drug-likeness (QED) is 0.0762. The lowest BCUT2D eigenvalue weighted by Gasteiger charge is -2.15. The van der Waals surface area contributed by atoms with Crippen LogP contribution in [0, 0.1) is 0 Å². The van der Waals surface area contributed by atoms with E-state index in [9.17, 15) is 0 Å². The molecule has 0 spiro atoms. The largest absolute Gasteiger partial charge is 0.135 e. The average molecular weight is 775 g/mol. The van der Waals surface area contributed by atoms with Crippen molar-refractivity contribution in [3.8, 4) is 0 Å². The fraction of sp³-hybridized carbons (Fsp3) is 0.500. The van der Waals surface area contributed by atoms with Gasteiger partial charge in [0, 0.05) is 69.8 Å². The van der Waals surface area contributed by atoms with Crippen LogP contribution in [0.4, 0.5) is 0 Å². The van der Waals surface area contributed by atoms with E-state index >= 15 is 0 Å². The van der Waals surface area contributed by atoms with Crippen molar-refractivity contribution in [3.05, 3.63) is 47.5 Å². The summed E-state index contributed by atoms with van der Waals surface area (Å²) in [4.78, 5) is 0. The van der Waals surface area contributed by atoms with Crippen LogP contribution in [0.25, 0.3) is 60.5 Å². The Labute approximate surface area is 319 Å². The van der Waals surface area contributed by atoms with Gasteiger partial charge in [-0.05, 0) is 111 Å². The fourth-order valence-electron chi connectivity index (χ4n) is 7.97. The second-order valence-electron chi connectivity index (χ2n) is 14.3. The highest BCUT2D eigenvalue weighted by Crippen LogP contribution is 2.53. The van der Waals surface area contributed by atoms with Gasteiger partial charge in [-0.25, -0.2) is 0 Å². The van der Waals surface area contributed by atoms with E-state index in [1.807, 2.05) is 0 Å². The van der Waals surface area contributed by atoms with Crippen molar-refractivity contribution in [2.45, 2.75) is 119 Å². The van der Waals surface area contributed by atoms with Crippen LogP contribution < -0.4 is 9.24 Å². The zero-order valence-corrected chi connectivity index (χ0v) is 36.4. The second-order valence-corrected chi connectivity index (χ2v) is 24.1. The topological polar surface area (TPSA) is 0 Å². The first-order valence-electron chi connectivity index (χ1n) is 19.8. The first-order chi connectivity index (χ1) is 24.6. The minimum atomic E-state index is -0.0835. The van der Waals surface area contributed by atoms with E-state index in [4.69, 9.17) is 0 Å². The maximum Gasteiger partial charge on any atom is 0.0397 e. The molecule has 0 saturated heterocycles. The Balaban J connectivity index is 1.56. The molecule has 0 aliphatic rings. The zero-order valence-electron chi connectivity index (χ0n) is 31.3. The molecule has 0 N–H and O–H groups in total. The maximum absolute atomic E-state index is 2.69. The van der Waals surface area contributed by atoms with Crippen LogP contribution in [-0.2, 0) is 12.8 Å². The maximum atomic E-state index is 2.69. The highest BCUT2D eigenvalue weighted by atomic mass is 32.1. The molecule has 50 heavy (non-hydrogen) atoms. The molecular formula is C44H56P2S4. The molecule has 3 aromatic carbocycles. The highest BCUT2D eigenvalue weighted by molar-refractivity contribution is 7.72. The molecule has 0 fully saturated rings. The molecule has 0 aliphatic heterocycles. The first-order valence-corrected chi connectivity index (χ1v) is 26.5. The first kappa shape index (κ1) is 37.2. The summed E-state index contributed by atoms with van der Waals surface area (Å²) >= 11 is 8.48. The number of fused-ring (bicyclic) bond motifs is 11. The minimum absolute atomic E-state index is 0.0835. The third-order valence-electron chi connectivity index (χ3n) is 10.6. The van der Waals surface area contributed by atoms with Crippen molar-refractivity contribution in [2.24, 2.45) is 0 Å². The predicted octanol–water partition coefficient (Wildman–Crippen LogP) is 16.2. The van der Waals surface area contributed by atoms with E-state index < -0.39 is 0 Å². The van der Waals surface area contributed by atoms with Gasteiger partial charge in [0.25, 0.3) is 0 Å². The normalized spacial score (nSPS) is 12.6. The number of thiophene rings is 4. The summed E-state index contributed by atoms with van der Waals surface area (Å²) in [6, 6.07) is 15.3. The SMILES string of the molecule is CCCCP(CCCC)c1cc2c(ccc3sc4c(CCC)c(CCC)c5sc6ccc7sc(P(CCCC)CCCC)cc7c6c5c4c32)s1. The van der Waals surface area contributed by atoms with E-state index in [0.717, 1.165) is 0 Å². The molecule has 0 atom stereocenters. The number of benzene rings is 3. The predicted molar refractivity (Wildman–Crippen MR) is 243 cm³/mol. The monoisotopic (exact) mass is 774 g/mol. The minimum Gasteiger partial charge on any atom is -0.135 e. The van der Waals surface area contributed by atoms with Gasteiger partial charge in [-0.2, -0.15) is 0 Å². The molecule has 0 radical (unpaired) electrons. The molecule has 0 unspecified atom stereocenters.